The van der Waals surface area contributed by atoms with Crippen LogP contribution in [0.3, 0.4) is 0 Å². The summed E-state index contributed by atoms with van der Waals surface area (Å²) in [5.74, 6) is 1.41. The number of hydrogen-bond donors (Lipinski definition) is 2. The third-order valence-electron chi connectivity index (χ3n) is 4.24. The Hall–Kier alpha value is -2.54. The Balaban J connectivity index is 1.42. The number of carbonyl (C=O) groups excluding carboxylic acids is 2. The number of ether oxygens (including phenoxy) is 2. The molecule has 25 heavy (non-hydrogen) atoms. The van der Waals surface area contributed by atoms with E-state index in [0.717, 1.165) is 29.0 Å². The highest BCUT2D eigenvalue weighted by Crippen LogP contribution is 2.35. The minimum absolute atomic E-state index is 0.0465. The molecule has 2 aliphatic rings. The number of nitrogens with one attached hydrogen (secondary N) is 2. The van der Waals surface area contributed by atoms with Gasteiger partial charge in [0.1, 0.15) is 0 Å². The van der Waals surface area contributed by atoms with Crippen LogP contribution in [0.5, 0.6) is 11.5 Å². The molecule has 2 amide bonds. The summed E-state index contributed by atoms with van der Waals surface area (Å²) in [6.07, 6.45) is 1.91. The Morgan fingerprint density at radius 2 is 2.12 bits per heavy atom. The number of carbonyl (C=O) groups is 2. The van der Waals surface area contributed by atoms with Crippen molar-refractivity contribution < 1.29 is 19.1 Å². The van der Waals surface area contributed by atoms with E-state index < -0.39 is 0 Å². The van der Waals surface area contributed by atoms with Gasteiger partial charge in [0.05, 0.1) is 9.88 Å². The molecule has 2 aromatic rings. The lowest BCUT2D eigenvalue weighted by Gasteiger charge is -2.07. The summed E-state index contributed by atoms with van der Waals surface area (Å²) >= 11 is 1.30. The largest absolute Gasteiger partial charge is 0.454 e. The highest BCUT2D eigenvalue weighted by Gasteiger charge is 2.30. The molecule has 6 nitrogen and oxygen atoms in total. The van der Waals surface area contributed by atoms with Crippen LogP contribution in [-0.4, -0.2) is 18.6 Å². The summed E-state index contributed by atoms with van der Waals surface area (Å²) in [4.78, 5) is 25.0. The summed E-state index contributed by atoms with van der Waals surface area (Å²) in [6, 6.07) is 7.45. The minimum atomic E-state index is -0.161. The molecule has 2 heterocycles. The number of fused-ring (bicyclic) bond motifs is 1. The maximum Gasteiger partial charge on any atom is 0.261 e. The second-order valence-corrected chi connectivity index (χ2v) is 7.27. The number of rotatable bonds is 5. The number of thiophene rings is 1. The van der Waals surface area contributed by atoms with Gasteiger partial charge in [-0.3, -0.25) is 9.59 Å². The molecule has 7 heteroatoms. The van der Waals surface area contributed by atoms with Gasteiger partial charge in [0.25, 0.3) is 5.91 Å². The highest BCUT2D eigenvalue weighted by molar-refractivity contribution is 7.18. The fourth-order valence-corrected chi connectivity index (χ4v) is 3.72. The lowest BCUT2D eigenvalue weighted by atomic mass is 10.2. The number of benzene rings is 1. The first kappa shape index (κ1) is 16.0. The normalized spacial score (nSPS) is 15.1. The van der Waals surface area contributed by atoms with Crippen LogP contribution in [0.15, 0.2) is 24.3 Å². The Kier molecular flexibility index (Phi) is 4.09. The zero-order valence-electron chi connectivity index (χ0n) is 13.8. The summed E-state index contributed by atoms with van der Waals surface area (Å²) in [7, 11) is 0. The molecular weight excluding hydrogens is 340 g/mol. The van der Waals surface area contributed by atoms with Crippen molar-refractivity contribution in [3.8, 4) is 11.5 Å². The van der Waals surface area contributed by atoms with Gasteiger partial charge in [0.2, 0.25) is 12.7 Å². The molecule has 4 rings (SSSR count). The molecule has 1 aromatic heterocycles. The predicted molar refractivity (Wildman–Crippen MR) is 94.1 cm³/mol. The van der Waals surface area contributed by atoms with E-state index in [0.29, 0.717) is 22.9 Å². The smallest absolute Gasteiger partial charge is 0.261 e. The van der Waals surface area contributed by atoms with Gasteiger partial charge >= 0.3 is 0 Å². The van der Waals surface area contributed by atoms with Crippen molar-refractivity contribution in [3.63, 3.8) is 0 Å². The molecule has 0 bridgehead atoms. The van der Waals surface area contributed by atoms with Crippen molar-refractivity contribution in [1.82, 2.24) is 5.32 Å². The minimum Gasteiger partial charge on any atom is -0.454 e. The van der Waals surface area contributed by atoms with Gasteiger partial charge in [-0.1, -0.05) is 12.1 Å². The average molecular weight is 358 g/mol. The molecule has 1 saturated carbocycles. The Labute approximate surface area is 149 Å². The molecule has 0 spiro atoms. The molecule has 0 atom stereocenters. The van der Waals surface area contributed by atoms with Crippen LogP contribution in [-0.2, 0) is 11.3 Å². The Bertz CT molecular complexity index is 842. The topological polar surface area (TPSA) is 76.7 Å². The third kappa shape index (κ3) is 3.32. The predicted octanol–water partition coefficient (Wildman–Crippen LogP) is 3.06. The standard InChI is InChI=1S/C18H18N2O4S/c1-10-7-14(20-17(21)11-5-6-11)25-16(10)18(22)19-8-12-3-2-4-13-15(12)24-9-23-13/h2-4,7,11H,5-6,8-9H2,1H3,(H,19,22)(H,20,21). The van der Waals surface area contributed by atoms with Crippen LogP contribution in [0.4, 0.5) is 5.00 Å². The molecule has 0 radical (unpaired) electrons. The van der Waals surface area contributed by atoms with E-state index in [1.165, 1.54) is 11.3 Å². The van der Waals surface area contributed by atoms with Crippen molar-refractivity contribution >= 4 is 28.2 Å². The van der Waals surface area contributed by atoms with Gasteiger partial charge < -0.3 is 20.1 Å². The second-order valence-electron chi connectivity index (χ2n) is 6.22. The van der Waals surface area contributed by atoms with E-state index in [2.05, 4.69) is 10.6 Å². The quantitative estimate of drug-likeness (QED) is 0.861. The summed E-state index contributed by atoms with van der Waals surface area (Å²) < 4.78 is 10.8. The fourth-order valence-electron chi connectivity index (χ4n) is 2.72. The van der Waals surface area contributed by atoms with Crippen LogP contribution in [0, 0.1) is 12.8 Å². The molecule has 1 aliphatic carbocycles. The van der Waals surface area contributed by atoms with E-state index in [-0.39, 0.29) is 24.5 Å². The molecule has 2 N–H and O–H groups in total. The second kappa shape index (κ2) is 6.40. The van der Waals surface area contributed by atoms with Crippen LogP contribution in [0.1, 0.15) is 33.6 Å². The van der Waals surface area contributed by atoms with E-state index in [9.17, 15) is 9.59 Å². The first-order valence-electron chi connectivity index (χ1n) is 8.19. The molecule has 0 saturated heterocycles. The van der Waals surface area contributed by atoms with Crippen molar-refractivity contribution in [2.24, 2.45) is 5.92 Å². The van der Waals surface area contributed by atoms with Crippen molar-refractivity contribution in [1.29, 1.82) is 0 Å². The maximum absolute atomic E-state index is 12.5. The molecule has 1 aliphatic heterocycles. The SMILES string of the molecule is Cc1cc(NC(=O)C2CC2)sc1C(=O)NCc1cccc2c1OCO2. The molecule has 1 aromatic carbocycles. The number of hydrogen-bond acceptors (Lipinski definition) is 5. The van der Waals surface area contributed by atoms with Crippen molar-refractivity contribution in [2.45, 2.75) is 26.3 Å². The van der Waals surface area contributed by atoms with E-state index in [1.807, 2.05) is 31.2 Å². The zero-order chi connectivity index (χ0) is 17.4. The fraction of sp³-hybridized carbons (Fsp3) is 0.333. The zero-order valence-corrected chi connectivity index (χ0v) is 14.6. The van der Waals surface area contributed by atoms with E-state index in [1.54, 1.807) is 0 Å². The monoisotopic (exact) mass is 358 g/mol. The molecule has 0 unspecified atom stereocenters. The number of anilines is 1. The van der Waals surface area contributed by atoms with Gasteiger partial charge in [-0.2, -0.15) is 0 Å². The lowest BCUT2D eigenvalue weighted by molar-refractivity contribution is -0.117. The van der Waals surface area contributed by atoms with E-state index >= 15 is 0 Å². The number of para-hydroxylation sites is 1. The van der Waals surface area contributed by atoms with Gasteiger partial charge in [0.15, 0.2) is 11.5 Å². The van der Waals surface area contributed by atoms with Gasteiger partial charge in [-0.05, 0) is 37.5 Å². The Morgan fingerprint density at radius 1 is 1.28 bits per heavy atom. The summed E-state index contributed by atoms with van der Waals surface area (Å²) in [6.45, 7) is 2.43. The van der Waals surface area contributed by atoms with E-state index in [4.69, 9.17) is 9.47 Å². The van der Waals surface area contributed by atoms with Crippen LogP contribution in [0.2, 0.25) is 0 Å². The van der Waals surface area contributed by atoms with Crippen molar-refractivity contribution in [3.05, 3.63) is 40.3 Å². The summed E-state index contributed by atoms with van der Waals surface area (Å²) in [5.41, 5.74) is 1.73. The van der Waals surface area contributed by atoms with Gasteiger partial charge in [0, 0.05) is 18.0 Å². The van der Waals surface area contributed by atoms with Crippen LogP contribution >= 0.6 is 11.3 Å². The first-order valence-corrected chi connectivity index (χ1v) is 9.00. The third-order valence-corrected chi connectivity index (χ3v) is 5.39. The molecule has 130 valence electrons. The lowest BCUT2D eigenvalue weighted by Crippen LogP contribution is -2.22. The number of amides is 2. The average Bonchev–Trinajstić information content (AvgIpc) is 3.23. The van der Waals surface area contributed by atoms with Gasteiger partial charge in [-0.15, -0.1) is 11.3 Å². The van der Waals surface area contributed by atoms with Crippen LogP contribution < -0.4 is 20.1 Å². The Morgan fingerprint density at radius 3 is 2.92 bits per heavy atom. The highest BCUT2D eigenvalue weighted by atomic mass is 32.1. The summed E-state index contributed by atoms with van der Waals surface area (Å²) in [5, 5.41) is 6.52. The first-order chi connectivity index (χ1) is 12.1. The number of aryl methyl sites for hydroxylation is 1. The van der Waals surface area contributed by atoms with Crippen molar-refractivity contribution in [2.75, 3.05) is 12.1 Å². The molecular formula is C18H18N2O4S. The van der Waals surface area contributed by atoms with Crippen LogP contribution in [0.25, 0.3) is 0 Å². The molecule has 1 fully saturated rings. The van der Waals surface area contributed by atoms with Gasteiger partial charge in [-0.25, -0.2) is 0 Å². The maximum atomic E-state index is 12.5.